The number of unbranched alkanes of at least 4 members (excludes halogenated alkanes) is 5. The molecule has 0 aromatic heterocycles. The van der Waals surface area contributed by atoms with Crippen LogP contribution < -0.4 is 5.30 Å². The van der Waals surface area contributed by atoms with Crippen LogP contribution in [0.5, 0.6) is 0 Å². The fourth-order valence-electron chi connectivity index (χ4n) is 3.60. The molecule has 0 amide bonds. The van der Waals surface area contributed by atoms with Gasteiger partial charge in [0, 0.05) is 0 Å². The van der Waals surface area contributed by atoms with E-state index in [2.05, 4.69) is 85.8 Å². The van der Waals surface area contributed by atoms with E-state index in [9.17, 15) is 0 Å². The highest BCUT2D eigenvalue weighted by atomic mass is 31.1. The molecule has 27 heavy (non-hydrogen) atoms. The second-order valence-corrected chi connectivity index (χ2v) is 8.55. The molecular weight excluding hydrogens is 343 g/mol. The summed E-state index contributed by atoms with van der Waals surface area (Å²) in [5, 5.41) is 1.51. The third kappa shape index (κ3) is 5.78. The smallest absolute Gasteiger partial charge is 0.00310 e. The highest BCUT2D eigenvalue weighted by Gasteiger charge is 2.12. The molecule has 0 aliphatic rings. The van der Waals surface area contributed by atoms with Gasteiger partial charge in [0.15, 0.2) is 0 Å². The molecule has 0 spiro atoms. The van der Waals surface area contributed by atoms with Crippen LogP contribution in [0, 0.1) is 0 Å². The second kappa shape index (κ2) is 11.1. The number of benzene rings is 3. The molecule has 0 nitrogen and oxygen atoms in total. The van der Waals surface area contributed by atoms with Crippen LogP contribution in [0.4, 0.5) is 0 Å². The number of hydrogen-bond acceptors (Lipinski definition) is 0. The van der Waals surface area contributed by atoms with E-state index in [1.165, 1.54) is 72.2 Å². The zero-order chi connectivity index (χ0) is 18.7. The van der Waals surface area contributed by atoms with Crippen molar-refractivity contribution >= 4 is 13.9 Å². The van der Waals surface area contributed by atoms with Crippen LogP contribution in [0.1, 0.15) is 45.4 Å². The van der Waals surface area contributed by atoms with Crippen LogP contribution in [0.3, 0.4) is 0 Å². The van der Waals surface area contributed by atoms with Gasteiger partial charge in [-0.2, -0.15) is 0 Å². The fraction of sp³-hybridized carbons (Fsp3) is 0.308. The molecule has 0 N–H and O–H groups in total. The third-order valence-corrected chi connectivity index (χ3v) is 6.46. The van der Waals surface area contributed by atoms with E-state index in [1.807, 2.05) is 0 Å². The lowest BCUT2D eigenvalue weighted by Crippen LogP contribution is -2.03. The van der Waals surface area contributed by atoms with Crippen LogP contribution in [-0.4, -0.2) is 6.16 Å². The van der Waals surface area contributed by atoms with E-state index in [-0.39, 0.29) is 0 Å². The zero-order valence-electron chi connectivity index (χ0n) is 16.5. The van der Waals surface area contributed by atoms with E-state index in [0.29, 0.717) is 0 Å². The predicted octanol–water partition coefficient (Wildman–Crippen LogP) is 7.68. The third-order valence-electron chi connectivity index (χ3n) is 5.06. The quantitative estimate of drug-likeness (QED) is 0.252. The summed E-state index contributed by atoms with van der Waals surface area (Å²) < 4.78 is 0. The summed E-state index contributed by atoms with van der Waals surface area (Å²) in [4.78, 5) is 0. The van der Waals surface area contributed by atoms with E-state index in [4.69, 9.17) is 0 Å². The molecule has 0 bridgehead atoms. The van der Waals surface area contributed by atoms with Crippen molar-refractivity contribution in [3.05, 3.63) is 78.9 Å². The maximum absolute atomic E-state index is 2.34. The Balaban J connectivity index is 1.79. The molecule has 0 fully saturated rings. The summed E-state index contributed by atoms with van der Waals surface area (Å²) in [5.74, 6) is 0. The standard InChI is InChI=1S/C26H31P/c1-2-3-4-5-6-13-21-27-25-20-14-19-24(22-15-9-7-10-16-22)26(25)23-17-11-8-12-18-23/h7-12,14-20,27H,2-6,13,21H2,1H3. The normalized spacial score (nSPS) is 11.3. The van der Waals surface area contributed by atoms with Crippen LogP contribution in [0.15, 0.2) is 78.9 Å². The van der Waals surface area contributed by atoms with Gasteiger partial charge in [0.05, 0.1) is 0 Å². The molecule has 0 saturated heterocycles. The summed E-state index contributed by atoms with van der Waals surface area (Å²) in [6, 6.07) is 28.6. The Morgan fingerprint density at radius 2 is 1.22 bits per heavy atom. The van der Waals surface area contributed by atoms with Gasteiger partial charge in [-0.05, 0) is 40.1 Å². The van der Waals surface area contributed by atoms with Gasteiger partial charge in [-0.15, -0.1) is 0 Å². The summed E-state index contributed by atoms with van der Waals surface area (Å²) in [7, 11) is 0.882. The van der Waals surface area contributed by atoms with Gasteiger partial charge in [-0.3, -0.25) is 0 Å². The van der Waals surface area contributed by atoms with Gasteiger partial charge in [0.1, 0.15) is 0 Å². The molecule has 140 valence electrons. The minimum Gasteiger partial charge on any atom is -0.0897 e. The molecule has 3 rings (SSSR count). The monoisotopic (exact) mass is 374 g/mol. The molecule has 3 aromatic rings. The first-order valence-electron chi connectivity index (χ1n) is 10.4. The Morgan fingerprint density at radius 3 is 1.93 bits per heavy atom. The Bertz CT molecular complexity index is 793. The maximum atomic E-state index is 2.34. The number of hydrogen-bond donors (Lipinski definition) is 0. The molecule has 3 aromatic carbocycles. The molecule has 0 radical (unpaired) electrons. The molecule has 1 heteroatoms. The van der Waals surface area contributed by atoms with E-state index in [0.717, 1.165) is 8.58 Å². The lowest BCUT2D eigenvalue weighted by atomic mass is 9.94. The van der Waals surface area contributed by atoms with E-state index < -0.39 is 0 Å². The molecule has 1 unspecified atom stereocenters. The van der Waals surface area contributed by atoms with Crippen LogP contribution >= 0.6 is 8.58 Å². The van der Waals surface area contributed by atoms with Gasteiger partial charge in [-0.25, -0.2) is 0 Å². The number of rotatable bonds is 10. The van der Waals surface area contributed by atoms with Gasteiger partial charge in [0.25, 0.3) is 0 Å². The van der Waals surface area contributed by atoms with Crippen molar-refractivity contribution in [1.82, 2.24) is 0 Å². The van der Waals surface area contributed by atoms with E-state index >= 15 is 0 Å². The Labute approximate surface area is 166 Å². The summed E-state index contributed by atoms with van der Waals surface area (Å²) in [5.41, 5.74) is 5.42. The van der Waals surface area contributed by atoms with Crippen molar-refractivity contribution in [2.75, 3.05) is 6.16 Å². The van der Waals surface area contributed by atoms with Gasteiger partial charge in [0.2, 0.25) is 0 Å². The summed E-state index contributed by atoms with van der Waals surface area (Å²) >= 11 is 0. The SMILES string of the molecule is CCCCCCCCPc1cccc(-c2ccccc2)c1-c1ccccc1. The Kier molecular flexibility index (Phi) is 8.12. The van der Waals surface area contributed by atoms with Gasteiger partial charge >= 0.3 is 0 Å². The van der Waals surface area contributed by atoms with Crippen molar-refractivity contribution in [3.8, 4) is 22.3 Å². The first kappa shape index (κ1) is 19.8. The molecule has 1 atom stereocenters. The van der Waals surface area contributed by atoms with Gasteiger partial charge < -0.3 is 0 Å². The van der Waals surface area contributed by atoms with Crippen LogP contribution in [0.2, 0.25) is 0 Å². The van der Waals surface area contributed by atoms with Crippen molar-refractivity contribution < 1.29 is 0 Å². The lowest BCUT2D eigenvalue weighted by molar-refractivity contribution is 0.627. The maximum Gasteiger partial charge on any atom is -0.00310 e. The molecule has 0 aliphatic carbocycles. The van der Waals surface area contributed by atoms with Crippen LogP contribution in [0.25, 0.3) is 22.3 Å². The highest BCUT2D eigenvalue weighted by Crippen LogP contribution is 2.34. The Hall–Kier alpha value is -1.91. The molecule has 0 aliphatic heterocycles. The lowest BCUT2D eigenvalue weighted by Gasteiger charge is -2.16. The topological polar surface area (TPSA) is 0 Å². The zero-order valence-corrected chi connectivity index (χ0v) is 17.5. The first-order valence-corrected chi connectivity index (χ1v) is 11.6. The molecule has 0 heterocycles. The second-order valence-electron chi connectivity index (χ2n) is 7.15. The van der Waals surface area contributed by atoms with E-state index in [1.54, 1.807) is 0 Å². The fourth-order valence-corrected chi connectivity index (χ4v) is 4.97. The van der Waals surface area contributed by atoms with Crippen LogP contribution in [-0.2, 0) is 0 Å². The molecule has 0 saturated carbocycles. The minimum atomic E-state index is 0.882. The average Bonchev–Trinajstić information content (AvgIpc) is 2.74. The molecular formula is C26H31P. The average molecular weight is 375 g/mol. The van der Waals surface area contributed by atoms with Crippen molar-refractivity contribution in [2.24, 2.45) is 0 Å². The van der Waals surface area contributed by atoms with Gasteiger partial charge in [-0.1, -0.05) is 126 Å². The summed E-state index contributed by atoms with van der Waals surface area (Å²) in [6.45, 7) is 2.28. The summed E-state index contributed by atoms with van der Waals surface area (Å²) in [6.07, 6.45) is 9.56. The highest BCUT2D eigenvalue weighted by molar-refractivity contribution is 7.47. The van der Waals surface area contributed by atoms with Crippen molar-refractivity contribution in [2.45, 2.75) is 45.4 Å². The minimum absolute atomic E-state index is 0.882. The van der Waals surface area contributed by atoms with Crippen molar-refractivity contribution in [3.63, 3.8) is 0 Å². The van der Waals surface area contributed by atoms with Crippen molar-refractivity contribution in [1.29, 1.82) is 0 Å². The Morgan fingerprint density at radius 1 is 0.593 bits per heavy atom. The first-order chi connectivity index (χ1) is 13.4. The predicted molar refractivity (Wildman–Crippen MR) is 124 cm³/mol. The largest absolute Gasteiger partial charge is 0.0897 e.